The number of rotatable bonds is 4. The van der Waals surface area contributed by atoms with Crippen molar-refractivity contribution in [2.75, 3.05) is 19.7 Å². The summed E-state index contributed by atoms with van der Waals surface area (Å²) in [5.74, 6) is 0.540. The van der Waals surface area contributed by atoms with Gasteiger partial charge in [0.1, 0.15) is 6.10 Å². The van der Waals surface area contributed by atoms with Gasteiger partial charge in [-0.3, -0.25) is 4.79 Å². The maximum atomic E-state index is 12.0. The molecule has 0 spiro atoms. The van der Waals surface area contributed by atoms with Gasteiger partial charge in [0.25, 0.3) is 5.91 Å². The number of carbonyl (C=O) groups excluding carboxylic acids is 1. The van der Waals surface area contributed by atoms with Gasteiger partial charge in [-0.1, -0.05) is 0 Å². The minimum atomic E-state index is -0.322. The van der Waals surface area contributed by atoms with E-state index >= 15 is 0 Å². The van der Waals surface area contributed by atoms with Crippen molar-refractivity contribution in [2.45, 2.75) is 45.8 Å². The second kappa shape index (κ2) is 7.90. The Morgan fingerprint density at radius 3 is 2.71 bits per heavy atom. The van der Waals surface area contributed by atoms with E-state index in [1.807, 2.05) is 25.7 Å². The Labute approximate surface area is 110 Å². The Morgan fingerprint density at radius 1 is 1.53 bits per heavy atom. The van der Waals surface area contributed by atoms with Crippen LogP contribution in [0.4, 0.5) is 0 Å². The molecule has 1 amide bonds. The first-order chi connectivity index (χ1) is 7.56. The van der Waals surface area contributed by atoms with E-state index in [1.54, 1.807) is 0 Å². The lowest BCUT2D eigenvalue weighted by Crippen LogP contribution is -2.48. The number of likely N-dealkylation sites (tertiary alicyclic amines) is 1. The van der Waals surface area contributed by atoms with Crippen LogP contribution < -0.4 is 5.73 Å². The van der Waals surface area contributed by atoms with Crippen molar-refractivity contribution in [1.29, 1.82) is 0 Å². The van der Waals surface area contributed by atoms with Gasteiger partial charge in [-0.05, 0) is 39.5 Å². The van der Waals surface area contributed by atoms with Gasteiger partial charge in [0.2, 0.25) is 0 Å². The number of hydrogen-bond donors (Lipinski definition) is 1. The quantitative estimate of drug-likeness (QED) is 0.836. The van der Waals surface area contributed by atoms with Gasteiger partial charge in [-0.2, -0.15) is 0 Å². The van der Waals surface area contributed by atoms with Crippen LogP contribution in [0.25, 0.3) is 0 Å². The summed E-state index contributed by atoms with van der Waals surface area (Å²) in [5, 5.41) is 0. The molecule has 1 aliphatic rings. The molecule has 1 fully saturated rings. The van der Waals surface area contributed by atoms with Crippen LogP contribution in [0.5, 0.6) is 0 Å². The summed E-state index contributed by atoms with van der Waals surface area (Å²) in [6.45, 7) is 7.96. The third-order valence-electron chi connectivity index (χ3n) is 3.28. The van der Waals surface area contributed by atoms with Gasteiger partial charge in [0.05, 0.1) is 0 Å². The maximum absolute atomic E-state index is 12.0. The molecule has 0 saturated carbocycles. The van der Waals surface area contributed by atoms with Crippen molar-refractivity contribution in [1.82, 2.24) is 4.90 Å². The van der Waals surface area contributed by atoms with Crippen molar-refractivity contribution in [3.05, 3.63) is 0 Å². The molecule has 1 saturated heterocycles. The predicted octanol–water partition coefficient (Wildman–Crippen LogP) is 1.42. The predicted molar refractivity (Wildman–Crippen MR) is 71.3 cm³/mol. The highest BCUT2D eigenvalue weighted by atomic mass is 35.5. The third-order valence-corrected chi connectivity index (χ3v) is 3.28. The summed E-state index contributed by atoms with van der Waals surface area (Å²) in [6.07, 6.45) is 1.86. The largest absolute Gasteiger partial charge is 0.369 e. The second-order valence-electron chi connectivity index (χ2n) is 4.64. The van der Waals surface area contributed by atoms with E-state index in [-0.39, 0.29) is 30.5 Å². The highest BCUT2D eigenvalue weighted by molar-refractivity contribution is 5.85. The zero-order valence-corrected chi connectivity index (χ0v) is 11.8. The normalized spacial score (nSPS) is 23.8. The Kier molecular flexibility index (Phi) is 7.75. The van der Waals surface area contributed by atoms with Crippen molar-refractivity contribution in [3.8, 4) is 0 Å². The SMILES string of the molecule is CCOC(C)C(=O)N1CCCC(C(C)N)C1.Cl. The van der Waals surface area contributed by atoms with Crippen molar-refractivity contribution in [2.24, 2.45) is 11.7 Å². The number of nitrogens with two attached hydrogens (primary N) is 1. The number of hydrogen-bond acceptors (Lipinski definition) is 3. The summed E-state index contributed by atoms with van der Waals surface area (Å²) in [6, 6.07) is 0.165. The van der Waals surface area contributed by atoms with E-state index in [0.29, 0.717) is 12.5 Å². The van der Waals surface area contributed by atoms with Crippen LogP contribution in [0.1, 0.15) is 33.6 Å². The van der Waals surface area contributed by atoms with Crippen LogP contribution in [0.15, 0.2) is 0 Å². The van der Waals surface area contributed by atoms with Gasteiger partial charge in [0.15, 0.2) is 0 Å². The van der Waals surface area contributed by atoms with Gasteiger partial charge >= 0.3 is 0 Å². The Morgan fingerprint density at radius 2 is 2.18 bits per heavy atom. The molecule has 5 heteroatoms. The minimum absolute atomic E-state index is 0. The van der Waals surface area contributed by atoms with Gasteiger partial charge in [-0.25, -0.2) is 0 Å². The number of amides is 1. The molecule has 102 valence electrons. The lowest BCUT2D eigenvalue weighted by molar-refractivity contribution is -0.144. The number of piperidine rings is 1. The molecule has 2 N–H and O–H groups in total. The number of nitrogens with zero attached hydrogens (tertiary/aromatic N) is 1. The lowest BCUT2D eigenvalue weighted by atomic mass is 9.92. The fourth-order valence-corrected chi connectivity index (χ4v) is 2.22. The zero-order chi connectivity index (χ0) is 12.1. The molecule has 0 aromatic heterocycles. The summed E-state index contributed by atoms with van der Waals surface area (Å²) >= 11 is 0. The maximum Gasteiger partial charge on any atom is 0.251 e. The molecule has 1 aliphatic heterocycles. The smallest absolute Gasteiger partial charge is 0.251 e. The van der Waals surface area contributed by atoms with Crippen LogP contribution in [-0.4, -0.2) is 42.6 Å². The lowest BCUT2D eigenvalue weighted by Gasteiger charge is -2.35. The molecular weight excluding hydrogens is 240 g/mol. The first-order valence-corrected chi connectivity index (χ1v) is 6.22. The van der Waals surface area contributed by atoms with E-state index in [2.05, 4.69) is 0 Å². The number of carbonyl (C=O) groups is 1. The first-order valence-electron chi connectivity index (χ1n) is 6.22. The molecule has 0 radical (unpaired) electrons. The molecule has 3 atom stereocenters. The molecule has 1 rings (SSSR count). The van der Waals surface area contributed by atoms with Crippen molar-refractivity contribution in [3.63, 3.8) is 0 Å². The Bertz CT molecular complexity index is 237. The molecule has 17 heavy (non-hydrogen) atoms. The van der Waals surface area contributed by atoms with Crippen LogP contribution >= 0.6 is 12.4 Å². The van der Waals surface area contributed by atoms with Crippen LogP contribution in [0.2, 0.25) is 0 Å². The van der Waals surface area contributed by atoms with Crippen molar-refractivity contribution < 1.29 is 9.53 Å². The molecular formula is C12H25ClN2O2. The average molecular weight is 265 g/mol. The van der Waals surface area contributed by atoms with Crippen LogP contribution in [0, 0.1) is 5.92 Å². The molecule has 0 aromatic carbocycles. The van der Waals surface area contributed by atoms with Gasteiger partial charge < -0.3 is 15.4 Å². The summed E-state index contributed by atoms with van der Waals surface area (Å²) in [4.78, 5) is 13.9. The number of ether oxygens (including phenoxy) is 1. The topological polar surface area (TPSA) is 55.6 Å². The summed E-state index contributed by atoms with van der Waals surface area (Å²) in [7, 11) is 0. The molecule has 0 aromatic rings. The van der Waals surface area contributed by atoms with Gasteiger partial charge in [-0.15, -0.1) is 12.4 Å². The minimum Gasteiger partial charge on any atom is -0.369 e. The third kappa shape index (κ3) is 4.82. The van der Waals surface area contributed by atoms with E-state index in [0.717, 1.165) is 25.9 Å². The standard InChI is InChI=1S/C12H24N2O2.ClH/c1-4-16-10(3)12(15)14-7-5-6-11(8-14)9(2)13;/h9-11H,4-8,13H2,1-3H3;1H. The second-order valence-corrected chi connectivity index (χ2v) is 4.64. The highest BCUT2D eigenvalue weighted by Crippen LogP contribution is 2.19. The van der Waals surface area contributed by atoms with E-state index in [9.17, 15) is 4.79 Å². The molecule has 0 aliphatic carbocycles. The summed E-state index contributed by atoms with van der Waals surface area (Å²) in [5.41, 5.74) is 5.90. The van der Waals surface area contributed by atoms with E-state index < -0.39 is 0 Å². The van der Waals surface area contributed by atoms with Crippen LogP contribution in [0.3, 0.4) is 0 Å². The zero-order valence-electron chi connectivity index (χ0n) is 11.0. The first kappa shape index (κ1) is 16.7. The Hall–Kier alpha value is -0.320. The average Bonchev–Trinajstić information content (AvgIpc) is 2.28. The monoisotopic (exact) mass is 264 g/mol. The van der Waals surface area contributed by atoms with E-state index in [4.69, 9.17) is 10.5 Å². The molecule has 4 nitrogen and oxygen atoms in total. The molecule has 3 unspecified atom stereocenters. The fourth-order valence-electron chi connectivity index (χ4n) is 2.22. The summed E-state index contributed by atoms with van der Waals surface area (Å²) < 4.78 is 5.33. The van der Waals surface area contributed by atoms with Gasteiger partial charge in [0, 0.05) is 25.7 Å². The Balaban J connectivity index is 0.00000256. The fraction of sp³-hybridized carbons (Fsp3) is 0.917. The molecule has 0 bridgehead atoms. The molecule has 1 heterocycles. The van der Waals surface area contributed by atoms with E-state index in [1.165, 1.54) is 0 Å². The highest BCUT2D eigenvalue weighted by Gasteiger charge is 2.28. The number of halogens is 1. The van der Waals surface area contributed by atoms with Crippen LogP contribution in [-0.2, 0) is 9.53 Å². The van der Waals surface area contributed by atoms with Crippen molar-refractivity contribution >= 4 is 18.3 Å².